The highest BCUT2D eigenvalue weighted by molar-refractivity contribution is 5.67. The van der Waals surface area contributed by atoms with Crippen LogP contribution in [0.2, 0.25) is 0 Å². The van der Waals surface area contributed by atoms with Gasteiger partial charge in [0.15, 0.2) is 0 Å². The van der Waals surface area contributed by atoms with E-state index in [1.54, 1.807) is 0 Å². The Balaban J connectivity index is 2.49. The normalized spacial score (nSPS) is 24.9. The molecule has 2 N–H and O–H groups in total. The number of alkyl carbamates (subject to hydrolysis) is 1. The molecule has 0 heterocycles. The van der Waals surface area contributed by atoms with Gasteiger partial charge in [-0.1, -0.05) is 27.7 Å². The van der Waals surface area contributed by atoms with Gasteiger partial charge in [0.2, 0.25) is 0 Å². The fourth-order valence-electron chi connectivity index (χ4n) is 2.91. The molecule has 1 saturated carbocycles. The maximum Gasteiger partial charge on any atom is 0.407 e. The van der Waals surface area contributed by atoms with E-state index in [0.29, 0.717) is 24.6 Å². The molecule has 5 heteroatoms. The number of amides is 1. The van der Waals surface area contributed by atoms with Crippen molar-refractivity contribution >= 4 is 6.09 Å². The van der Waals surface area contributed by atoms with Crippen LogP contribution in [0.15, 0.2) is 0 Å². The van der Waals surface area contributed by atoms with Gasteiger partial charge >= 0.3 is 6.09 Å². The third-order valence-electron chi connectivity index (χ3n) is 4.63. The van der Waals surface area contributed by atoms with Crippen LogP contribution in [0, 0.1) is 11.3 Å². The van der Waals surface area contributed by atoms with Crippen LogP contribution in [0.1, 0.15) is 61.8 Å². The Morgan fingerprint density at radius 3 is 2.35 bits per heavy atom. The standard InChI is InChI=1S/C18H36N2O3/c1-9-22-15-10-14(18(15,7)8)20-13(12(2)3)11-19-16(21)23-17(4,5)6/h12-15,20H,9-11H2,1-8H3,(H,19,21). The molecule has 0 bridgehead atoms. The van der Waals surface area contributed by atoms with E-state index in [-0.39, 0.29) is 17.6 Å². The molecule has 5 nitrogen and oxygen atoms in total. The Morgan fingerprint density at radius 2 is 1.91 bits per heavy atom. The molecular formula is C18H36N2O3. The monoisotopic (exact) mass is 328 g/mol. The molecule has 0 aromatic rings. The van der Waals surface area contributed by atoms with E-state index in [0.717, 1.165) is 13.0 Å². The smallest absolute Gasteiger partial charge is 0.407 e. The molecule has 3 unspecified atom stereocenters. The SMILES string of the molecule is CCOC1CC(NC(CNC(=O)OC(C)(C)C)C(C)C)C1(C)C. The van der Waals surface area contributed by atoms with Crippen LogP contribution in [-0.4, -0.2) is 43.0 Å². The Bertz CT molecular complexity index is 388. The van der Waals surface area contributed by atoms with Crippen molar-refractivity contribution in [1.82, 2.24) is 10.6 Å². The van der Waals surface area contributed by atoms with Gasteiger partial charge in [0.1, 0.15) is 5.60 Å². The lowest BCUT2D eigenvalue weighted by atomic mass is 9.64. The van der Waals surface area contributed by atoms with Crippen LogP contribution in [-0.2, 0) is 9.47 Å². The molecule has 136 valence electrons. The molecule has 0 spiro atoms. The molecule has 0 radical (unpaired) electrons. The minimum atomic E-state index is -0.467. The molecule has 0 aromatic carbocycles. The van der Waals surface area contributed by atoms with Gasteiger partial charge in [0.25, 0.3) is 0 Å². The third kappa shape index (κ3) is 5.96. The van der Waals surface area contributed by atoms with Crippen molar-refractivity contribution in [1.29, 1.82) is 0 Å². The molecule has 23 heavy (non-hydrogen) atoms. The van der Waals surface area contributed by atoms with Crippen molar-refractivity contribution in [3.05, 3.63) is 0 Å². The van der Waals surface area contributed by atoms with E-state index >= 15 is 0 Å². The van der Waals surface area contributed by atoms with Gasteiger partial charge in [-0.25, -0.2) is 4.79 Å². The Morgan fingerprint density at radius 1 is 1.30 bits per heavy atom. The summed E-state index contributed by atoms with van der Waals surface area (Å²) in [6.07, 6.45) is 0.984. The van der Waals surface area contributed by atoms with E-state index in [4.69, 9.17) is 9.47 Å². The van der Waals surface area contributed by atoms with Crippen molar-refractivity contribution in [2.45, 2.75) is 85.6 Å². The van der Waals surface area contributed by atoms with Crippen molar-refractivity contribution in [2.75, 3.05) is 13.2 Å². The number of hydrogen-bond acceptors (Lipinski definition) is 4. The lowest BCUT2D eigenvalue weighted by Crippen LogP contribution is -2.64. The zero-order valence-corrected chi connectivity index (χ0v) is 16.2. The number of carbonyl (C=O) groups excluding carboxylic acids is 1. The van der Waals surface area contributed by atoms with Gasteiger partial charge in [-0.3, -0.25) is 0 Å². The maximum atomic E-state index is 11.8. The van der Waals surface area contributed by atoms with E-state index < -0.39 is 5.60 Å². The zero-order chi connectivity index (χ0) is 17.8. The largest absolute Gasteiger partial charge is 0.444 e. The summed E-state index contributed by atoms with van der Waals surface area (Å²) in [5.41, 5.74) is -0.347. The minimum absolute atomic E-state index is 0.120. The van der Waals surface area contributed by atoms with Gasteiger partial charge < -0.3 is 20.1 Å². The highest BCUT2D eigenvalue weighted by Crippen LogP contribution is 2.43. The highest BCUT2D eigenvalue weighted by atomic mass is 16.6. The minimum Gasteiger partial charge on any atom is -0.444 e. The molecule has 0 aromatic heterocycles. The summed E-state index contributed by atoms with van der Waals surface area (Å²) >= 11 is 0. The topological polar surface area (TPSA) is 59.6 Å². The summed E-state index contributed by atoms with van der Waals surface area (Å²) in [6.45, 7) is 17.8. The number of hydrogen-bond donors (Lipinski definition) is 2. The highest BCUT2D eigenvalue weighted by Gasteiger charge is 2.49. The first kappa shape index (κ1) is 20.2. The van der Waals surface area contributed by atoms with E-state index in [9.17, 15) is 4.79 Å². The van der Waals surface area contributed by atoms with Gasteiger partial charge in [0, 0.05) is 30.7 Å². The predicted molar refractivity (Wildman–Crippen MR) is 93.6 cm³/mol. The number of carbonyl (C=O) groups is 1. The van der Waals surface area contributed by atoms with Crippen molar-refractivity contribution in [3.63, 3.8) is 0 Å². The number of rotatable bonds is 7. The van der Waals surface area contributed by atoms with E-state index in [2.05, 4.69) is 38.3 Å². The number of ether oxygens (including phenoxy) is 2. The fourth-order valence-corrected chi connectivity index (χ4v) is 2.91. The second-order valence-corrected chi connectivity index (χ2v) is 8.45. The maximum absolute atomic E-state index is 11.8. The third-order valence-corrected chi connectivity index (χ3v) is 4.63. The molecule has 3 atom stereocenters. The van der Waals surface area contributed by atoms with E-state index in [1.165, 1.54) is 0 Å². The molecule has 0 aliphatic heterocycles. The molecule has 0 saturated heterocycles. The van der Waals surface area contributed by atoms with Crippen molar-refractivity contribution < 1.29 is 14.3 Å². The van der Waals surface area contributed by atoms with Gasteiger partial charge in [-0.15, -0.1) is 0 Å². The van der Waals surface area contributed by atoms with Crippen LogP contribution in [0.25, 0.3) is 0 Å². The first-order valence-corrected chi connectivity index (χ1v) is 8.81. The molecule has 1 fully saturated rings. The first-order valence-electron chi connectivity index (χ1n) is 8.81. The summed E-state index contributed by atoms with van der Waals surface area (Å²) in [5.74, 6) is 0.423. The van der Waals surface area contributed by atoms with Crippen LogP contribution in [0.4, 0.5) is 4.79 Å². The zero-order valence-electron chi connectivity index (χ0n) is 16.2. The Kier molecular flexibility index (Phi) is 6.90. The lowest BCUT2D eigenvalue weighted by Gasteiger charge is -2.53. The molecule has 1 amide bonds. The summed E-state index contributed by atoms with van der Waals surface area (Å²) in [7, 11) is 0. The molecule has 1 rings (SSSR count). The first-order chi connectivity index (χ1) is 10.5. The van der Waals surface area contributed by atoms with Crippen LogP contribution in [0.5, 0.6) is 0 Å². The summed E-state index contributed by atoms with van der Waals surface area (Å²) < 4.78 is 11.1. The van der Waals surface area contributed by atoms with Crippen LogP contribution in [0.3, 0.4) is 0 Å². The second kappa shape index (κ2) is 7.84. The Labute approximate surface area is 141 Å². The lowest BCUT2D eigenvalue weighted by molar-refractivity contribution is -0.117. The molecular weight excluding hydrogens is 292 g/mol. The van der Waals surface area contributed by atoms with Crippen LogP contribution < -0.4 is 10.6 Å². The van der Waals surface area contributed by atoms with Crippen molar-refractivity contribution in [2.24, 2.45) is 11.3 Å². The van der Waals surface area contributed by atoms with Gasteiger partial charge in [-0.05, 0) is 40.0 Å². The van der Waals surface area contributed by atoms with E-state index in [1.807, 2.05) is 27.7 Å². The molecule has 1 aliphatic rings. The summed E-state index contributed by atoms with van der Waals surface area (Å²) in [6, 6.07) is 0.626. The van der Waals surface area contributed by atoms with Gasteiger partial charge in [0.05, 0.1) is 6.10 Å². The average Bonchev–Trinajstić information content (AvgIpc) is 2.38. The summed E-state index contributed by atoms with van der Waals surface area (Å²) in [5, 5.41) is 6.58. The predicted octanol–water partition coefficient (Wildman–Crippen LogP) is 3.33. The fraction of sp³-hybridized carbons (Fsp3) is 0.944. The van der Waals surface area contributed by atoms with Crippen molar-refractivity contribution in [3.8, 4) is 0 Å². The van der Waals surface area contributed by atoms with Crippen LogP contribution >= 0.6 is 0 Å². The summed E-state index contributed by atoms with van der Waals surface area (Å²) in [4.78, 5) is 11.8. The average molecular weight is 328 g/mol. The molecule has 1 aliphatic carbocycles. The second-order valence-electron chi connectivity index (χ2n) is 8.45. The number of nitrogens with one attached hydrogen (secondary N) is 2. The van der Waals surface area contributed by atoms with Gasteiger partial charge in [-0.2, -0.15) is 0 Å². The quantitative estimate of drug-likeness (QED) is 0.752. The Hall–Kier alpha value is -0.810.